The SMILES string of the molecule is C.c1ccc(-c2ccc(-c3cccc4c3Cc3c(-c5cc(-c6ccccc6)cc(-c6nc(-c7ccccc7)nc(-c7ccccc7)n6)c5)cccc3-4)cc2)cc1. The Hall–Kier alpha value is -7.23. The van der Waals surface area contributed by atoms with Crippen LogP contribution in [0.25, 0.3) is 89.8 Å². The number of rotatable bonds is 7. The van der Waals surface area contributed by atoms with Gasteiger partial charge in [-0.2, -0.15) is 0 Å². The topological polar surface area (TPSA) is 38.7 Å². The fraction of sp³-hybridized carbons (Fsp3) is 0.0377. The Bertz CT molecular complexity index is 2740. The number of fused-ring (bicyclic) bond motifs is 3. The molecule has 0 unspecified atom stereocenters. The normalized spacial score (nSPS) is 11.4. The molecule has 1 heterocycles. The van der Waals surface area contributed by atoms with Gasteiger partial charge in [-0.15, -0.1) is 0 Å². The molecule has 9 aromatic rings. The first-order chi connectivity index (χ1) is 27.2. The van der Waals surface area contributed by atoms with Gasteiger partial charge >= 0.3 is 0 Å². The Kier molecular flexibility index (Phi) is 9.18. The van der Waals surface area contributed by atoms with Crippen molar-refractivity contribution in [1.82, 2.24) is 15.0 Å². The second-order valence-corrected chi connectivity index (χ2v) is 14.0. The van der Waals surface area contributed by atoms with Crippen molar-refractivity contribution in [1.29, 1.82) is 0 Å². The van der Waals surface area contributed by atoms with Gasteiger partial charge in [-0.1, -0.05) is 189 Å². The van der Waals surface area contributed by atoms with Crippen molar-refractivity contribution in [2.75, 3.05) is 0 Å². The quantitative estimate of drug-likeness (QED) is 0.165. The van der Waals surface area contributed by atoms with Gasteiger partial charge in [-0.3, -0.25) is 0 Å². The van der Waals surface area contributed by atoms with Gasteiger partial charge < -0.3 is 0 Å². The zero-order chi connectivity index (χ0) is 36.6. The van der Waals surface area contributed by atoms with E-state index in [1.807, 2.05) is 36.4 Å². The van der Waals surface area contributed by atoms with Crippen LogP contribution in [0.2, 0.25) is 0 Å². The molecule has 8 aromatic carbocycles. The Morgan fingerprint density at radius 3 is 1.09 bits per heavy atom. The van der Waals surface area contributed by atoms with Crippen LogP contribution in [0.15, 0.2) is 200 Å². The molecule has 0 amide bonds. The molecule has 0 aliphatic heterocycles. The molecule has 3 nitrogen and oxygen atoms in total. The van der Waals surface area contributed by atoms with Crippen LogP contribution in [-0.2, 0) is 6.42 Å². The van der Waals surface area contributed by atoms with Crippen LogP contribution in [0, 0.1) is 0 Å². The maximum Gasteiger partial charge on any atom is 0.164 e. The van der Waals surface area contributed by atoms with E-state index in [0.29, 0.717) is 17.5 Å². The van der Waals surface area contributed by atoms with E-state index >= 15 is 0 Å². The molecule has 266 valence electrons. The second-order valence-electron chi connectivity index (χ2n) is 14.0. The Morgan fingerprint density at radius 1 is 0.250 bits per heavy atom. The molecule has 56 heavy (non-hydrogen) atoms. The average Bonchev–Trinajstić information content (AvgIpc) is 3.67. The molecule has 0 saturated heterocycles. The van der Waals surface area contributed by atoms with Crippen LogP contribution in [-0.4, -0.2) is 15.0 Å². The van der Waals surface area contributed by atoms with E-state index in [4.69, 9.17) is 15.0 Å². The summed E-state index contributed by atoms with van der Waals surface area (Å²) >= 11 is 0. The summed E-state index contributed by atoms with van der Waals surface area (Å²) in [6.07, 6.45) is 0.852. The van der Waals surface area contributed by atoms with Gasteiger partial charge in [0.05, 0.1) is 0 Å². The van der Waals surface area contributed by atoms with Crippen molar-refractivity contribution < 1.29 is 0 Å². The Labute approximate surface area is 328 Å². The highest BCUT2D eigenvalue weighted by atomic mass is 15.0. The smallest absolute Gasteiger partial charge is 0.164 e. The van der Waals surface area contributed by atoms with Crippen LogP contribution in [0.3, 0.4) is 0 Å². The number of nitrogens with zero attached hydrogens (tertiary/aromatic N) is 3. The predicted molar refractivity (Wildman–Crippen MR) is 233 cm³/mol. The van der Waals surface area contributed by atoms with Crippen LogP contribution in [0.1, 0.15) is 18.6 Å². The molecule has 0 spiro atoms. The van der Waals surface area contributed by atoms with Gasteiger partial charge in [0.15, 0.2) is 17.5 Å². The third-order valence-corrected chi connectivity index (χ3v) is 10.6. The maximum absolute atomic E-state index is 5.12. The summed E-state index contributed by atoms with van der Waals surface area (Å²) in [6, 6.07) is 70.8. The van der Waals surface area contributed by atoms with E-state index in [1.54, 1.807) is 0 Å². The number of hydrogen-bond donors (Lipinski definition) is 0. The molecule has 0 atom stereocenters. The van der Waals surface area contributed by atoms with Gasteiger partial charge in [0.1, 0.15) is 0 Å². The summed E-state index contributed by atoms with van der Waals surface area (Å²) in [6.45, 7) is 0. The fourth-order valence-electron chi connectivity index (χ4n) is 7.90. The van der Waals surface area contributed by atoms with Crippen LogP contribution in [0.5, 0.6) is 0 Å². The molecule has 1 aliphatic carbocycles. The summed E-state index contributed by atoms with van der Waals surface area (Å²) in [4.78, 5) is 15.2. The molecule has 1 aliphatic rings. The lowest BCUT2D eigenvalue weighted by molar-refractivity contribution is 1.07. The van der Waals surface area contributed by atoms with Gasteiger partial charge in [0.2, 0.25) is 0 Å². The van der Waals surface area contributed by atoms with Crippen LogP contribution < -0.4 is 0 Å². The Morgan fingerprint density at radius 2 is 0.589 bits per heavy atom. The molecular formula is C53H39N3. The van der Waals surface area contributed by atoms with Crippen molar-refractivity contribution in [2.24, 2.45) is 0 Å². The number of hydrogen-bond acceptors (Lipinski definition) is 3. The lowest BCUT2D eigenvalue weighted by Crippen LogP contribution is -2.00. The lowest BCUT2D eigenvalue weighted by Gasteiger charge is -2.14. The van der Waals surface area contributed by atoms with Crippen molar-refractivity contribution in [3.8, 4) is 89.8 Å². The summed E-state index contributed by atoms with van der Waals surface area (Å²) in [5.74, 6) is 1.94. The first-order valence-corrected chi connectivity index (χ1v) is 18.7. The average molecular weight is 718 g/mol. The summed E-state index contributed by atoms with van der Waals surface area (Å²) in [5, 5.41) is 0. The van der Waals surface area contributed by atoms with E-state index < -0.39 is 0 Å². The van der Waals surface area contributed by atoms with E-state index in [-0.39, 0.29) is 7.43 Å². The highest BCUT2D eigenvalue weighted by Gasteiger charge is 2.25. The highest BCUT2D eigenvalue weighted by molar-refractivity contribution is 5.91. The number of benzene rings is 8. The summed E-state index contributed by atoms with van der Waals surface area (Å²) in [7, 11) is 0. The molecule has 0 fully saturated rings. The summed E-state index contributed by atoms with van der Waals surface area (Å²) < 4.78 is 0. The van der Waals surface area contributed by atoms with Crippen molar-refractivity contribution in [2.45, 2.75) is 13.8 Å². The molecule has 3 heteroatoms. The minimum Gasteiger partial charge on any atom is -0.208 e. The van der Waals surface area contributed by atoms with Crippen molar-refractivity contribution in [3.63, 3.8) is 0 Å². The minimum absolute atomic E-state index is 0. The lowest BCUT2D eigenvalue weighted by atomic mass is 9.91. The summed E-state index contributed by atoms with van der Waals surface area (Å²) in [5.41, 5.74) is 17.7. The van der Waals surface area contributed by atoms with Crippen LogP contribution in [0.4, 0.5) is 0 Å². The number of aromatic nitrogens is 3. The third-order valence-electron chi connectivity index (χ3n) is 10.6. The van der Waals surface area contributed by atoms with Crippen molar-refractivity contribution in [3.05, 3.63) is 211 Å². The molecule has 0 radical (unpaired) electrons. The van der Waals surface area contributed by atoms with E-state index in [9.17, 15) is 0 Å². The minimum atomic E-state index is 0. The zero-order valence-electron chi connectivity index (χ0n) is 30.1. The van der Waals surface area contributed by atoms with E-state index in [0.717, 1.165) is 39.8 Å². The van der Waals surface area contributed by atoms with Gasteiger partial charge in [0.25, 0.3) is 0 Å². The fourth-order valence-corrected chi connectivity index (χ4v) is 7.90. The van der Waals surface area contributed by atoms with Crippen LogP contribution >= 0.6 is 0 Å². The molecule has 10 rings (SSSR count). The molecule has 0 N–H and O–H groups in total. The maximum atomic E-state index is 5.12. The van der Waals surface area contributed by atoms with Gasteiger partial charge in [-0.05, 0) is 91.4 Å². The Balaban J connectivity index is 0.00000410. The predicted octanol–water partition coefficient (Wildman–Crippen LogP) is 13.7. The second kappa shape index (κ2) is 14.9. The van der Waals surface area contributed by atoms with Gasteiger partial charge in [-0.25, -0.2) is 15.0 Å². The standard InChI is InChI=1S/C52H35N3.CH4/c1-5-15-35(16-6-1)37-27-29-38(30-28-37)44-23-13-25-46-47-26-14-24-45(49(47)34-48(44)46)42-31-41(36-17-7-2-8-18-36)32-43(33-42)52-54-50(39-19-9-3-10-20-39)53-51(55-52)40-21-11-4-12-22-40;/h1-33H,34H2;1H4. The molecular weight excluding hydrogens is 679 g/mol. The molecule has 1 aromatic heterocycles. The zero-order valence-corrected chi connectivity index (χ0v) is 30.1. The first-order valence-electron chi connectivity index (χ1n) is 18.7. The van der Waals surface area contributed by atoms with E-state index in [1.165, 1.54) is 50.1 Å². The van der Waals surface area contributed by atoms with Gasteiger partial charge in [0, 0.05) is 16.7 Å². The molecule has 0 bridgehead atoms. The third kappa shape index (κ3) is 6.50. The van der Waals surface area contributed by atoms with Crippen molar-refractivity contribution >= 4 is 0 Å². The van der Waals surface area contributed by atoms with E-state index in [2.05, 4.69) is 164 Å². The monoisotopic (exact) mass is 717 g/mol. The molecule has 0 saturated carbocycles. The largest absolute Gasteiger partial charge is 0.208 e. The first kappa shape index (κ1) is 34.5. The highest BCUT2D eigenvalue weighted by Crippen LogP contribution is 2.46.